The number of carbonyl (C=O) groups excluding carboxylic acids is 1. The Morgan fingerprint density at radius 1 is 1.35 bits per heavy atom. The van der Waals surface area contributed by atoms with Gasteiger partial charge in [0.25, 0.3) is 0 Å². The quantitative estimate of drug-likeness (QED) is 0.720. The van der Waals surface area contributed by atoms with E-state index in [1.54, 1.807) is 0 Å². The Morgan fingerprint density at radius 3 is 2.61 bits per heavy atom. The first kappa shape index (κ1) is 21.7. The molecule has 0 saturated carbocycles. The van der Waals surface area contributed by atoms with Crippen LogP contribution in [0.2, 0.25) is 0 Å². The molecule has 132 valence electrons. The van der Waals surface area contributed by atoms with Crippen molar-refractivity contribution in [2.45, 2.75) is 32.9 Å². The summed E-state index contributed by atoms with van der Waals surface area (Å²) in [6, 6.07) is 7.29. The molecule has 0 aromatic heterocycles. The van der Waals surface area contributed by atoms with Crippen LogP contribution < -0.4 is 15.8 Å². The molecular formula is C17H30ClN3O2. The Kier molecular flexibility index (Phi) is 10.6. The van der Waals surface area contributed by atoms with E-state index in [4.69, 9.17) is 10.5 Å². The first-order chi connectivity index (χ1) is 10.5. The topological polar surface area (TPSA) is 67.6 Å². The molecule has 6 heteroatoms. The number of halogens is 1. The standard InChI is InChI=1S/C17H29N3O2.ClH/c1-5-13(2)16(18)17(21)19-12-14-8-6-7-9-15(14)22-11-10-20(3)4;/h6-9,13,16H,5,10-12,18H2,1-4H3,(H,19,21);1H. The third-order valence-electron chi connectivity index (χ3n) is 3.78. The van der Waals surface area contributed by atoms with Gasteiger partial charge in [0, 0.05) is 18.7 Å². The van der Waals surface area contributed by atoms with E-state index in [-0.39, 0.29) is 24.2 Å². The number of nitrogens with zero attached hydrogens (tertiary/aromatic N) is 1. The van der Waals surface area contributed by atoms with Gasteiger partial charge >= 0.3 is 0 Å². The van der Waals surface area contributed by atoms with Crippen molar-refractivity contribution in [2.75, 3.05) is 27.2 Å². The average Bonchev–Trinajstić information content (AvgIpc) is 2.51. The first-order valence-corrected chi connectivity index (χ1v) is 7.84. The molecule has 0 aliphatic rings. The summed E-state index contributed by atoms with van der Waals surface area (Å²) in [6.45, 7) is 5.92. The molecule has 23 heavy (non-hydrogen) atoms. The molecule has 0 radical (unpaired) electrons. The summed E-state index contributed by atoms with van der Waals surface area (Å²) >= 11 is 0. The number of benzene rings is 1. The van der Waals surface area contributed by atoms with Gasteiger partial charge in [-0.1, -0.05) is 38.5 Å². The van der Waals surface area contributed by atoms with Crippen LogP contribution in [0.4, 0.5) is 0 Å². The van der Waals surface area contributed by atoms with Gasteiger partial charge < -0.3 is 20.7 Å². The summed E-state index contributed by atoms with van der Waals surface area (Å²) < 4.78 is 5.79. The Morgan fingerprint density at radius 2 is 2.00 bits per heavy atom. The third-order valence-corrected chi connectivity index (χ3v) is 3.78. The molecule has 5 nitrogen and oxygen atoms in total. The monoisotopic (exact) mass is 343 g/mol. The molecule has 1 aromatic carbocycles. The fourth-order valence-electron chi connectivity index (χ4n) is 1.94. The van der Waals surface area contributed by atoms with Crippen LogP contribution in [0, 0.1) is 5.92 Å². The van der Waals surface area contributed by atoms with Gasteiger partial charge in [-0.3, -0.25) is 4.79 Å². The molecule has 1 aromatic rings. The Balaban J connectivity index is 0.00000484. The fourth-order valence-corrected chi connectivity index (χ4v) is 1.94. The molecule has 3 N–H and O–H groups in total. The van der Waals surface area contributed by atoms with Gasteiger partial charge in [-0.25, -0.2) is 0 Å². The minimum atomic E-state index is -0.466. The van der Waals surface area contributed by atoms with Crippen molar-refractivity contribution in [3.8, 4) is 5.75 Å². The molecule has 0 saturated heterocycles. The van der Waals surface area contributed by atoms with Crippen LogP contribution in [0.3, 0.4) is 0 Å². The van der Waals surface area contributed by atoms with Crippen molar-refractivity contribution < 1.29 is 9.53 Å². The molecule has 0 aliphatic carbocycles. The predicted molar refractivity (Wildman–Crippen MR) is 97.0 cm³/mol. The summed E-state index contributed by atoms with van der Waals surface area (Å²) in [5.41, 5.74) is 6.90. The number of amides is 1. The molecule has 0 fully saturated rings. The molecule has 0 bridgehead atoms. The minimum Gasteiger partial charge on any atom is -0.492 e. The van der Waals surface area contributed by atoms with Gasteiger partial charge in [-0.15, -0.1) is 12.4 Å². The van der Waals surface area contributed by atoms with Crippen molar-refractivity contribution in [1.82, 2.24) is 10.2 Å². The second kappa shape index (κ2) is 11.3. The molecule has 2 atom stereocenters. The van der Waals surface area contributed by atoms with Crippen molar-refractivity contribution >= 4 is 18.3 Å². The Hall–Kier alpha value is -1.30. The van der Waals surface area contributed by atoms with Gasteiger partial charge in [0.05, 0.1) is 6.04 Å². The van der Waals surface area contributed by atoms with Crippen LogP contribution in [0.15, 0.2) is 24.3 Å². The summed E-state index contributed by atoms with van der Waals surface area (Å²) in [6.07, 6.45) is 0.888. The summed E-state index contributed by atoms with van der Waals surface area (Å²) in [4.78, 5) is 14.1. The Labute approximate surface area is 146 Å². The lowest BCUT2D eigenvalue weighted by Gasteiger charge is -2.18. The number of nitrogens with two attached hydrogens (primary N) is 1. The van der Waals surface area contributed by atoms with Gasteiger partial charge in [0.2, 0.25) is 5.91 Å². The Bertz CT molecular complexity index is 469. The highest BCUT2D eigenvalue weighted by Crippen LogP contribution is 2.17. The zero-order valence-corrected chi connectivity index (χ0v) is 15.4. The highest BCUT2D eigenvalue weighted by atomic mass is 35.5. The van der Waals surface area contributed by atoms with Crippen LogP contribution in [-0.4, -0.2) is 44.1 Å². The lowest BCUT2D eigenvalue weighted by Crippen LogP contribution is -2.44. The maximum atomic E-state index is 12.0. The number of hydrogen-bond acceptors (Lipinski definition) is 4. The van der Waals surface area contributed by atoms with E-state index in [0.29, 0.717) is 13.2 Å². The smallest absolute Gasteiger partial charge is 0.237 e. The number of para-hydroxylation sites is 1. The molecule has 1 amide bonds. The van der Waals surface area contributed by atoms with E-state index in [9.17, 15) is 4.79 Å². The molecule has 0 heterocycles. The van der Waals surface area contributed by atoms with Gasteiger partial charge in [0.15, 0.2) is 0 Å². The van der Waals surface area contributed by atoms with Crippen molar-refractivity contribution in [3.05, 3.63) is 29.8 Å². The van der Waals surface area contributed by atoms with Crippen LogP contribution in [0.5, 0.6) is 5.75 Å². The lowest BCUT2D eigenvalue weighted by atomic mass is 9.99. The second-order valence-electron chi connectivity index (χ2n) is 5.89. The van der Waals surface area contributed by atoms with E-state index in [1.165, 1.54) is 0 Å². The summed E-state index contributed by atoms with van der Waals surface area (Å²) in [5.74, 6) is 0.866. The largest absolute Gasteiger partial charge is 0.492 e. The van der Waals surface area contributed by atoms with E-state index in [0.717, 1.165) is 24.3 Å². The summed E-state index contributed by atoms with van der Waals surface area (Å²) in [7, 11) is 4.01. The maximum absolute atomic E-state index is 12.0. The van der Waals surface area contributed by atoms with Crippen molar-refractivity contribution in [3.63, 3.8) is 0 Å². The zero-order valence-electron chi connectivity index (χ0n) is 14.5. The first-order valence-electron chi connectivity index (χ1n) is 7.84. The van der Waals surface area contributed by atoms with Crippen LogP contribution >= 0.6 is 12.4 Å². The predicted octanol–water partition coefficient (Wildman–Crippen LogP) is 2.04. The third kappa shape index (κ3) is 7.68. The molecular weight excluding hydrogens is 314 g/mol. The van der Waals surface area contributed by atoms with E-state index >= 15 is 0 Å². The number of rotatable bonds is 9. The number of ether oxygens (including phenoxy) is 1. The maximum Gasteiger partial charge on any atom is 0.237 e. The SMILES string of the molecule is CCC(C)C(N)C(=O)NCc1ccccc1OCCN(C)C.Cl. The van der Waals surface area contributed by atoms with Crippen LogP contribution in [0.25, 0.3) is 0 Å². The molecule has 1 rings (SSSR count). The number of nitrogens with one attached hydrogen (secondary N) is 1. The number of carbonyl (C=O) groups is 1. The minimum absolute atomic E-state index is 0. The molecule has 0 aliphatic heterocycles. The van der Waals surface area contributed by atoms with Crippen LogP contribution in [-0.2, 0) is 11.3 Å². The zero-order chi connectivity index (χ0) is 16.5. The van der Waals surface area contributed by atoms with E-state index in [2.05, 4.69) is 10.2 Å². The normalized spacial score (nSPS) is 13.1. The lowest BCUT2D eigenvalue weighted by molar-refractivity contribution is -0.123. The van der Waals surface area contributed by atoms with E-state index < -0.39 is 6.04 Å². The van der Waals surface area contributed by atoms with Gasteiger partial charge in [-0.05, 0) is 26.1 Å². The second-order valence-corrected chi connectivity index (χ2v) is 5.89. The molecule has 0 spiro atoms. The van der Waals surface area contributed by atoms with Crippen molar-refractivity contribution in [2.24, 2.45) is 11.7 Å². The fraction of sp³-hybridized carbons (Fsp3) is 0.588. The summed E-state index contributed by atoms with van der Waals surface area (Å²) in [5, 5.41) is 2.90. The van der Waals surface area contributed by atoms with Crippen LogP contribution in [0.1, 0.15) is 25.8 Å². The van der Waals surface area contributed by atoms with E-state index in [1.807, 2.05) is 52.2 Å². The van der Waals surface area contributed by atoms with Gasteiger partial charge in [0.1, 0.15) is 12.4 Å². The van der Waals surface area contributed by atoms with Gasteiger partial charge in [-0.2, -0.15) is 0 Å². The van der Waals surface area contributed by atoms with Crippen molar-refractivity contribution in [1.29, 1.82) is 0 Å². The highest BCUT2D eigenvalue weighted by Gasteiger charge is 2.19. The number of hydrogen-bond donors (Lipinski definition) is 2. The highest BCUT2D eigenvalue weighted by molar-refractivity contribution is 5.85. The average molecular weight is 344 g/mol. The number of likely N-dealkylation sites (N-methyl/N-ethyl adjacent to an activating group) is 1. The molecule has 2 unspecified atom stereocenters.